The molecule has 0 bridgehead atoms. The van der Waals surface area contributed by atoms with Crippen LogP contribution in [-0.2, 0) is 21.3 Å². The first-order valence-corrected chi connectivity index (χ1v) is 6.38. The maximum absolute atomic E-state index is 12.0. The van der Waals surface area contributed by atoms with Crippen LogP contribution in [0.25, 0.3) is 0 Å². The topological polar surface area (TPSA) is 69.6 Å². The fraction of sp³-hybridized carbons (Fsp3) is 0.538. The molecular formula is C13H18N2O4. The van der Waals surface area contributed by atoms with E-state index < -0.39 is 12.1 Å². The Hall–Kier alpha value is -1.82. The standard InChI is InChI=1S/C13H18N2O4/c1-3-18-13(17)11-9(6-7-15(11)2)14-12(16)10-5-4-8-19-10/h6-7,10H,3-5,8H2,1-2H3,(H,14,16)/t10-/m1/s1. The molecule has 0 aliphatic carbocycles. The summed E-state index contributed by atoms with van der Waals surface area (Å²) in [6.07, 6.45) is 2.89. The van der Waals surface area contributed by atoms with E-state index in [1.54, 1.807) is 30.8 Å². The quantitative estimate of drug-likeness (QED) is 0.834. The number of aromatic nitrogens is 1. The van der Waals surface area contributed by atoms with Gasteiger partial charge in [-0.1, -0.05) is 0 Å². The molecule has 1 aromatic rings. The Labute approximate surface area is 111 Å². The van der Waals surface area contributed by atoms with E-state index in [0.29, 0.717) is 31.0 Å². The molecule has 1 aromatic heterocycles. The molecule has 0 saturated carbocycles. The first kappa shape index (κ1) is 13.6. The van der Waals surface area contributed by atoms with Crippen LogP contribution in [0.1, 0.15) is 30.3 Å². The van der Waals surface area contributed by atoms with E-state index in [1.165, 1.54) is 0 Å². The van der Waals surface area contributed by atoms with Crippen LogP contribution in [0, 0.1) is 0 Å². The van der Waals surface area contributed by atoms with Gasteiger partial charge in [-0.3, -0.25) is 4.79 Å². The highest BCUT2D eigenvalue weighted by Gasteiger charge is 2.26. The van der Waals surface area contributed by atoms with E-state index in [0.717, 1.165) is 6.42 Å². The minimum atomic E-state index is -0.447. The van der Waals surface area contributed by atoms with Crippen LogP contribution >= 0.6 is 0 Å². The Kier molecular flexibility index (Phi) is 4.21. The molecule has 6 nitrogen and oxygen atoms in total. The maximum Gasteiger partial charge on any atom is 0.357 e. The zero-order chi connectivity index (χ0) is 13.8. The number of esters is 1. The van der Waals surface area contributed by atoms with Crippen molar-refractivity contribution in [2.24, 2.45) is 7.05 Å². The molecule has 1 aliphatic rings. The van der Waals surface area contributed by atoms with E-state index in [2.05, 4.69) is 5.32 Å². The molecule has 1 fully saturated rings. The van der Waals surface area contributed by atoms with Crippen LogP contribution in [0.4, 0.5) is 5.69 Å². The molecular weight excluding hydrogens is 248 g/mol. The predicted molar refractivity (Wildman–Crippen MR) is 69.0 cm³/mol. The number of rotatable bonds is 4. The van der Waals surface area contributed by atoms with Gasteiger partial charge in [-0.25, -0.2) is 4.79 Å². The number of anilines is 1. The molecule has 2 heterocycles. The van der Waals surface area contributed by atoms with Crippen molar-refractivity contribution in [1.82, 2.24) is 4.57 Å². The van der Waals surface area contributed by atoms with E-state index >= 15 is 0 Å². The number of nitrogens with zero attached hydrogens (tertiary/aromatic N) is 1. The van der Waals surface area contributed by atoms with Crippen molar-refractivity contribution in [3.8, 4) is 0 Å². The van der Waals surface area contributed by atoms with Crippen LogP contribution < -0.4 is 5.32 Å². The summed E-state index contributed by atoms with van der Waals surface area (Å²) in [6, 6.07) is 1.68. The minimum absolute atomic E-state index is 0.214. The van der Waals surface area contributed by atoms with Crippen molar-refractivity contribution >= 4 is 17.6 Å². The Balaban J connectivity index is 2.11. The number of hydrogen-bond acceptors (Lipinski definition) is 4. The fourth-order valence-corrected chi connectivity index (χ4v) is 2.08. The van der Waals surface area contributed by atoms with Crippen molar-refractivity contribution in [1.29, 1.82) is 0 Å². The van der Waals surface area contributed by atoms with Gasteiger partial charge in [0, 0.05) is 19.9 Å². The molecule has 0 radical (unpaired) electrons. The third kappa shape index (κ3) is 2.96. The lowest BCUT2D eigenvalue weighted by Gasteiger charge is -2.11. The average Bonchev–Trinajstić information content (AvgIpc) is 2.99. The van der Waals surface area contributed by atoms with Crippen LogP contribution in [0.3, 0.4) is 0 Å². The third-order valence-electron chi connectivity index (χ3n) is 3.02. The average molecular weight is 266 g/mol. The molecule has 0 unspecified atom stereocenters. The second-order valence-corrected chi connectivity index (χ2v) is 4.40. The van der Waals surface area contributed by atoms with Gasteiger partial charge in [0.2, 0.25) is 0 Å². The van der Waals surface area contributed by atoms with Gasteiger partial charge < -0.3 is 19.4 Å². The van der Waals surface area contributed by atoms with Crippen LogP contribution in [0.15, 0.2) is 12.3 Å². The Bertz CT molecular complexity index is 475. The van der Waals surface area contributed by atoms with Crippen molar-refractivity contribution in [3.05, 3.63) is 18.0 Å². The van der Waals surface area contributed by atoms with Gasteiger partial charge >= 0.3 is 5.97 Å². The molecule has 2 rings (SSSR count). The normalized spacial score (nSPS) is 18.3. The summed E-state index contributed by atoms with van der Waals surface area (Å²) in [7, 11) is 1.73. The molecule has 0 spiro atoms. The number of carbonyl (C=O) groups excluding carboxylic acids is 2. The van der Waals surface area contributed by atoms with Gasteiger partial charge in [0.1, 0.15) is 6.10 Å². The zero-order valence-electron chi connectivity index (χ0n) is 11.1. The Morgan fingerprint density at radius 3 is 3.00 bits per heavy atom. The zero-order valence-corrected chi connectivity index (χ0v) is 11.1. The molecule has 0 aromatic carbocycles. The smallest absolute Gasteiger partial charge is 0.357 e. The number of nitrogens with one attached hydrogen (secondary N) is 1. The molecule has 104 valence electrons. The maximum atomic E-state index is 12.0. The number of carbonyl (C=O) groups is 2. The van der Waals surface area contributed by atoms with Gasteiger partial charge in [-0.2, -0.15) is 0 Å². The van der Waals surface area contributed by atoms with Gasteiger partial charge in [0.25, 0.3) is 5.91 Å². The fourth-order valence-electron chi connectivity index (χ4n) is 2.08. The molecule has 1 N–H and O–H groups in total. The summed E-state index contributed by atoms with van der Waals surface area (Å²) in [5.74, 6) is -0.660. The molecule has 19 heavy (non-hydrogen) atoms. The first-order chi connectivity index (χ1) is 9.13. The van der Waals surface area contributed by atoms with E-state index in [4.69, 9.17) is 9.47 Å². The lowest BCUT2D eigenvalue weighted by atomic mass is 10.2. The number of amides is 1. The summed E-state index contributed by atoms with van der Waals surface area (Å²) >= 11 is 0. The van der Waals surface area contributed by atoms with E-state index in [-0.39, 0.29) is 5.91 Å². The van der Waals surface area contributed by atoms with Crippen LogP contribution in [0.2, 0.25) is 0 Å². The van der Waals surface area contributed by atoms with Crippen molar-refractivity contribution in [2.45, 2.75) is 25.9 Å². The van der Waals surface area contributed by atoms with E-state index in [9.17, 15) is 9.59 Å². The lowest BCUT2D eigenvalue weighted by Crippen LogP contribution is -2.27. The highest BCUT2D eigenvalue weighted by Crippen LogP contribution is 2.20. The second kappa shape index (κ2) is 5.88. The Morgan fingerprint density at radius 2 is 2.37 bits per heavy atom. The van der Waals surface area contributed by atoms with Crippen LogP contribution in [-0.4, -0.2) is 35.8 Å². The summed E-state index contributed by atoms with van der Waals surface area (Å²) in [5, 5.41) is 2.73. The molecule has 1 aliphatic heterocycles. The van der Waals surface area contributed by atoms with Crippen molar-refractivity contribution < 1.29 is 19.1 Å². The van der Waals surface area contributed by atoms with Crippen molar-refractivity contribution in [2.75, 3.05) is 18.5 Å². The largest absolute Gasteiger partial charge is 0.461 e. The lowest BCUT2D eigenvalue weighted by molar-refractivity contribution is -0.124. The third-order valence-corrected chi connectivity index (χ3v) is 3.02. The highest BCUT2D eigenvalue weighted by molar-refractivity contribution is 6.01. The van der Waals surface area contributed by atoms with Crippen LogP contribution in [0.5, 0.6) is 0 Å². The number of ether oxygens (including phenoxy) is 2. The molecule has 1 saturated heterocycles. The molecule has 1 atom stereocenters. The summed E-state index contributed by atoms with van der Waals surface area (Å²) in [5.41, 5.74) is 0.801. The summed E-state index contributed by atoms with van der Waals surface area (Å²) in [6.45, 7) is 2.65. The SMILES string of the molecule is CCOC(=O)c1c(NC(=O)[C@H]2CCCO2)ccn1C. The van der Waals surface area contributed by atoms with Gasteiger partial charge in [-0.05, 0) is 25.8 Å². The van der Waals surface area contributed by atoms with E-state index in [1.807, 2.05) is 0 Å². The minimum Gasteiger partial charge on any atom is -0.461 e. The number of hydrogen-bond donors (Lipinski definition) is 1. The predicted octanol–water partition coefficient (Wildman–Crippen LogP) is 1.32. The molecule has 6 heteroatoms. The molecule has 1 amide bonds. The van der Waals surface area contributed by atoms with Gasteiger partial charge in [0.05, 0.1) is 12.3 Å². The summed E-state index contributed by atoms with van der Waals surface area (Å²) < 4.78 is 11.9. The summed E-state index contributed by atoms with van der Waals surface area (Å²) in [4.78, 5) is 23.8. The van der Waals surface area contributed by atoms with Gasteiger partial charge in [0.15, 0.2) is 5.69 Å². The van der Waals surface area contributed by atoms with Gasteiger partial charge in [-0.15, -0.1) is 0 Å². The van der Waals surface area contributed by atoms with Crippen molar-refractivity contribution in [3.63, 3.8) is 0 Å². The number of aryl methyl sites for hydroxylation is 1. The first-order valence-electron chi connectivity index (χ1n) is 6.38. The Morgan fingerprint density at radius 1 is 1.58 bits per heavy atom. The highest BCUT2D eigenvalue weighted by atomic mass is 16.5. The monoisotopic (exact) mass is 266 g/mol. The second-order valence-electron chi connectivity index (χ2n) is 4.40.